The van der Waals surface area contributed by atoms with Crippen LogP contribution < -0.4 is 0 Å². The Morgan fingerprint density at radius 1 is 1.00 bits per heavy atom. The molecule has 1 aromatic heterocycles. The van der Waals surface area contributed by atoms with E-state index in [4.69, 9.17) is 4.52 Å². The first-order valence-electron chi connectivity index (χ1n) is 12.6. The summed E-state index contributed by atoms with van der Waals surface area (Å²) in [5.74, 6) is 2.01. The van der Waals surface area contributed by atoms with E-state index in [-0.39, 0.29) is 11.6 Å². The molecule has 0 amide bonds. The highest BCUT2D eigenvalue weighted by molar-refractivity contribution is 6.06. The molecule has 0 saturated heterocycles. The average Bonchev–Trinajstić information content (AvgIpc) is 3.33. The van der Waals surface area contributed by atoms with E-state index in [2.05, 4.69) is 59.5 Å². The Kier molecular flexibility index (Phi) is 8.28. The van der Waals surface area contributed by atoms with Gasteiger partial charge in [-0.05, 0) is 70.5 Å². The van der Waals surface area contributed by atoms with E-state index in [1.165, 1.54) is 37.7 Å². The maximum absolute atomic E-state index is 12.6. The second-order valence-electron chi connectivity index (χ2n) is 10.1. The SMILES string of the molecule is Cc1ccc(C(=O)c2noc(CCC3CCC(C(CCc4ccccc4)N(C)C)CC3)n2)cc1. The maximum atomic E-state index is 12.6. The summed E-state index contributed by atoms with van der Waals surface area (Å²) in [6.45, 7) is 2.00. The van der Waals surface area contributed by atoms with Crippen LogP contribution in [0.25, 0.3) is 0 Å². The fraction of sp³-hybridized carbons (Fsp3) is 0.483. The summed E-state index contributed by atoms with van der Waals surface area (Å²) < 4.78 is 5.40. The summed E-state index contributed by atoms with van der Waals surface area (Å²) in [5.41, 5.74) is 3.15. The number of carbonyl (C=O) groups is 1. The summed E-state index contributed by atoms with van der Waals surface area (Å²) in [7, 11) is 4.46. The second kappa shape index (κ2) is 11.6. The molecule has 1 aliphatic carbocycles. The molecule has 1 fully saturated rings. The third-order valence-electron chi connectivity index (χ3n) is 7.42. The van der Waals surface area contributed by atoms with Gasteiger partial charge in [0.15, 0.2) is 0 Å². The summed E-state index contributed by atoms with van der Waals surface area (Å²) in [4.78, 5) is 19.4. The van der Waals surface area contributed by atoms with Crippen molar-refractivity contribution in [1.29, 1.82) is 0 Å². The van der Waals surface area contributed by atoms with Crippen molar-refractivity contribution in [2.75, 3.05) is 14.1 Å². The Morgan fingerprint density at radius 3 is 2.38 bits per heavy atom. The first kappa shape index (κ1) is 24.3. The molecule has 2 aromatic carbocycles. The van der Waals surface area contributed by atoms with E-state index in [9.17, 15) is 4.79 Å². The largest absolute Gasteiger partial charge is 0.339 e. The molecular weight excluding hydrogens is 422 g/mol. The van der Waals surface area contributed by atoms with Gasteiger partial charge in [0.1, 0.15) is 0 Å². The zero-order chi connectivity index (χ0) is 23.9. The summed E-state index contributed by atoms with van der Waals surface area (Å²) in [5, 5.41) is 3.94. The first-order chi connectivity index (χ1) is 16.5. The number of ketones is 1. The third kappa shape index (κ3) is 6.41. The lowest BCUT2D eigenvalue weighted by Gasteiger charge is -2.37. The molecule has 5 heteroatoms. The highest BCUT2D eigenvalue weighted by Crippen LogP contribution is 2.35. The maximum Gasteiger partial charge on any atom is 0.243 e. The molecule has 1 heterocycles. The van der Waals surface area contributed by atoms with Crippen LogP contribution in [-0.4, -0.2) is 41.0 Å². The fourth-order valence-corrected chi connectivity index (χ4v) is 5.35. The minimum Gasteiger partial charge on any atom is -0.339 e. The van der Waals surface area contributed by atoms with Gasteiger partial charge in [-0.2, -0.15) is 4.98 Å². The number of aromatic nitrogens is 2. The quantitative estimate of drug-likeness (QED) is 0.353. The molecule has 1 aliphatic rings. The van der Waals surface area contributed by atoms with Crippen molar-refractivity contribution in [2.24, 2.45) is 11.8 Å². The van der Waals surface area contributed by atoms with Crippen LogP contribution in [0.2, 0.25) is 0 Å². The van der Waals surface area contributed by atoms with Crippen LogP contribution in [-0.2, 0) is 12.8 Å². The standard InChI is InChI=1S/C29H37N3O2/c1-21-9-15-25(16-10-21)28(33)29-30-27(34-31-29)20-14-23-11-17-24(18-12-23)26(32(2)3)19-13-22-7-5-4-6-8-22/h4-10,15-16,23-24,26H,11-14,17-20H2,1-3H3. The smallest absolute Gasteiger partial charge is 0.243 e. The Balaban J connectivity index is 1.24. The molecule has 1 saturated carbocycles. The molecule has 34 heavy (non-hydrogen) atoms. The Bertz CT molecular complexity index is 1030. The molecule has 0 N–H and O–H groups in total. The Hall–Kier alpha value is -2.79. The molecule has 4 rings (SSSR count). The molecule has 0 spiro atoms. The van der Waals surface area contributed by atoms with Crippen LogP contribution in [0.4, 0.5) is 0 Å². The third-order valence-corrected chi connectivity index (χ3v) is 7.42. The van der Waals surface area contributed by atoms with E-state index >= 15 is 0 Å². The predicted octanol–water partition coefficient (Wildman–Crippen LogP) is 5.91. The highest BCUT2D eigenvalue weighted by Gasteiger charge is 2.29. The van der Waals surface area contributed by atoms with Gasteiger partial charge in [-0.25, -0.2) is 0 Å². The van der Waals surface area contributed by atoms with Crippen molar-refractivity contribution >= 4 is 5.78 Å². The van der Waals surface area contributed by atoms with E-state index in [1.54, 1.807) is 0 Å². The van der Waals surface area contributed by atoms with Gasteiger partial charge in [-0.15, -0.1) is 0 Å². The molecular formula is C29H37N3O2. The molecule has 5 nitrogen and oxygen atoms in total. The average molecular weight is 460 g/mol. The van der Waals surface area contributed by atoms with Gasteiger partial charge >= 0.3 is 0 Å². The number of aryl methyl sites for hydroxylation is 3. The van der Waals surface area contributed by atoms with Gasteiger partial charge in [-0.3, -0.25) is 4.79 Å². The lowest BCUT2D eigenvalue weighted by Crippen LogP contribution is -2.37. The zero-order valence-electron chi connectivity index (χ0n) is 20.7. The van der Waals surface area contributed by atoms with Crippen LogP contribution in [0, 0.1) is 18.8 Å². The van der Waals surface area contributed by atoms with Crippen molar-refractivity contribution in [3.8, 4) is 0 Å². The van der Waals surface area contributed by atoms with E-state index in [0.29, 0.717) is 23.4 Å². The first-order valence-corrected chi connectivity index (χ1v) is 12.6. The topological polar surface area (TPSA) is 59.2 Å². The molecule has 1 unspecified atom stereocenters. The van der Waals surface area contributed by atoms with Crippen molar-refractivity contribution in [2.45, 2.75) is 64.3 Å². The minimum atomic E-state index is -0.180. The Morgan fingerprint density at radius 2 is 1.71 bits per heavy atom. The molecule has 0 bridgehead atoms. The van der Waals surface area contributed by atoms with Crippen LogP contribution >= 0.6 is 0 Å². The van der Waals surface area contributed by atoms with Gasteiger partial charge in [-0.1, -0.05) is 78.2 Å². The number of nitrogens with zero attached hydrogens (tertiary/aromatic N) is 3. The van der Waals surface area contributed by atoms with E-state index in [0.717, 1.165) is 30.7 Å². The van der Waals surface area contributed by atoms with Crippen molar-refractivity contribution in [3.05, 3.63) is 83.0 Å². The van der Waals surface area contributed by atoms with Crippen molar-refractivity contribution in [3.63, 3.8) is 0 Å². The van der Waals surface area contributed by atoms with Gasteiger partial charge in [0.05, 0.1) is 0 Å². The minimum absolute atomic E-state index is 0.162. The zero-order valence-corrected chi connectivity index (χ0v) is 20.7. The number of rotatable bonds is 10. The highest BCUT2D eigenvalue weighted by atomic mass is 16.5. The number of hydrogen-bond acceptors (Lipinski definition) is 5. The molecule has 0 radical (unpaired) electrons. The van der Waals surface area contributed by atoms with Gasteiger partial charge in [0.2, 0.25) is 17.5 Å². The van der Waals surface area contributed by atoms with Crippen LogP contribution in [0.1, 0.15) is 71.7 Å². The van der Waals surface area contributed by atoms with Gasteiger partial charge in [0.25, 0.3) is 0 Å². The normalized spacial score (nSPS) is 19.3. The molecule has 3 aromatic rings. The van der Waals surface area contributed by atoms with Gasteiger partial charge in [0, 0.05) is 18.0 Å². The fourth-order valence-electron chi connectivity index (χ4n) is 5.35. The number of carbonyl (C=O) groups excluding carboxylic acids is 1. The van der Waals surface area contributed by atoms with E-state index in [1.807, 2.05) is 31.2 Å². The van der Waals surface area contributed by atoms with Crippen LogP contribution in [0.3, 0.4) is 0 Å². The summed E-state index contributed by atoms with van der Waals surface area (Å²) in [6, 6.07) is 18.9. The monoisotopic (exact) mass is 459 g/mol. The predicted molar refractivity (Wildman–Crippen MR) is 135 cm³/mol. The molecule has 0 aliphatic heterocycles. The van der Waals surface area contributed by atoms with Crippen LogP contribution in [0.15, 0.2) is 59.1 Å². The molecule has 1 atom stereocenters. The lowest BCUT2D eigenvalue weighted by atomic mass is 9.75. The number of hydrogen-bond donors (Lipinski definition) is 0. The Labute approximate surface area is 203 Å². The van der Waals surface area contributed by atoms with E-state index < -0.39 is 0 Å². The van der Waals surface area contributed by atoms with Gasteiger partial charge < -0.3 is 9.42 Å². The summed E-state index contributed by atoms with van der Waals surface area (Å²) in [6.07, 6.45) is 9.22. The van der Waals surface area contributed by atoms with Crippen LogP contribution in [0.5, 0.6) is 0 Å². The van der Waals surface area contributed by atoms with Crippen molar-refractivity contribution in [1.82, 2.24) is 15.0 Å². The summed E-state index contributed by atoms with van der Waals surface area (Å²) >= 11 is 0. The molecule has 180 valence electrons. The van der Waals surface area contributed by atoms with Crippen molar-refractivity contribution < 1.29 is 9.32 Å². The number of benzene rings is 2. The second-order valence-corrected chi connectivity index (χ2v) is 10.1. The lowest BCUT2D eigenvalue weighted by molar-refractivity contribution is 0.102.